The van der Waals surface area contributed by atoms with E-state index in [1.165, 1.54) is 6.33 Å². The number of anilines is 1. The molecule has 3 rings (SSSR count). The third-order valence-electron chi connectivity index (χ3n) is 4.96. The molecule has 1 fully saturated rings. The number of amides is 1. The monoisotopic (exact) mass is 432 g/mol. The van der Waals surface area contributed by atoms with Crippen molar-refractivity contribution in [1.29, 1.82) is 0 Å². The van der Waals surface area contributed by atoms with Crippen LogP contribution >= 0.6 is 0 Å². The van der Waals surface area contributed by atoms with Crippen LogP contribution in [0.25, 0.3) is 5.52 Å². The number of nitrogens with zero attached hydrogens (tertiary/aromatic N) is 3. The first-order valence-corrected chi connectivity index (χ1v) is 10.7. The van der Waals surface area contributed by atoms with Gasteiger partial charge in [-0.2, -0.15) is 5.10 Å². The van der Waals surface area contributed by atoms with Crippen LogP contribution in [-0.4, -0.2) is 46.0 Å². The van der Waals surface area contributed by atoms with E-state index in [1.807, 2.05) is 26.0 Å². The molecule has 1 aliphatic heterocycles. The molecule has 1 aliphatic rings. The molecule has 2 aromatic rings. The first-order valence-electron chi connectivity index (χ1n) is 10.7. The predicted molar refractivity (Wildman–Crippen MR) is 114 cm³/mol. The highest BCUT2D eigenvalue weighted by molar-refractivity contribution is 5.93. The summed E-state index contributed by atoms with van der Waals surface area (Å²) in [5, 5.41) is 7.21. The van der Waals surface area contributed by atoms with Crippen molar-refractivity contribution in [2.45, 2.75) is 66.1 Å². The molecule has 9 heteroatoms. The summed E-state index contributed by atoms with van der Waals surface area (Å²) in [6, 6.07) is 3.83. The maximum atomic E-state index is 12.1. The van der Waals surface area contributed by atoms with Crippen LogP contribution in [0.3, 0.4) is 0 Å². The standard InChI is InChI=1S/C22H32N4O5/c1-14(2)10-19(27)25-20-17-8-7-16(26(17)24-12-23-20)18-9-6-15(31-18)11-29-13-30-21(28)22(3,4)5/h7-8,12,14-15,18H,6,9-11,13H2,1-5H3,(H,23,24,25,27). The van der Waals surface area contributed by atoms with Gasteiger partial charge in [0.1, 0.15) is 17.9 Å². The number of hydrogen-bond donors (Lipinski definition) is 1. The van der Waals surface area contributed by atoms with Crippen molar-refractivity contribution >= 4 is 23.2 Å². The van der Waals surface area contributed by atoms with Gasteiger partial charge in [-0.25, -0.2) is 9.50 Å². The van der Waals surface area contributed by atoms with Crippen molar-refractivity contribution in [1.82, 2.24) is 14.6 Å². The van der Waals surface area contributed by atoms with Gasteiger partial charge in [0.15, 0.2) is 12.6 Å². The summed E-state index contributed by atoms with van der Waals surface area (Å²) in [6.07, 6.45) is 3.29. The van der Waals surface area contributed by atoms with Gasteiger partial charge in [-0.1, -0.05) is 13.8 Å². The fraction of sp³-hybridized carbons (Fsp3) is 0.636. The minimum absolute atomic E-state index is 0.0696. The zero-order valence-corrected chi connectivity index (χ0v) is 18.9. The number of rotatable bonds is 8. The third kappa shape index (κ3) is 6.01. The first-order chi connectivity index (χ1) is 14.6. The second-order valence-corrected chi connectivity index (χ2v) is 9.30. The maximum Gasteiger partial charge on any atom is 0.313 e. The zero-order chi connectivity index (χ0) is 22.6. The van der Waals surface area contributed by atoms with Crippen molar-refractivity contribution in [3.8, 4) is 0 Å². The molecule has 0 aromatic carbocycles. The van der Waals surface area contributed by atoms with Crippen molar-refractivity contribution < 1.29 is 23.8 Å². The van der Waals surface area contributed by atoms with Crippen LogP contribution in [0.5, 0.6) is 0 Å². The highest BCUT2D eigenvalue weighted by atomic mass is 16.7. The van der Waals surface area contributed by atoms with Crippen molar-refractivity contribution in [3.63, 3.8) is 0 Å². The Kier molecular flexibility index (Phi) is 7.27. The normalized spacial score (nSPS) is 19.2. The number of ether oxygens (including phenoxy) is 3. The first kappa shape index (κ1) is 23.1. The summed E-state index contributed by atoms with van der Waals surface area (Å²) in [6.45, 7) is 9.66. The lowest BCUT2D eigenvalue weighted by Crippen LogP contribution is -2.25. The molecule has 170 valence electrons. The quantitative estimate of drug-likeness (QED) is 0.387. The molecule has 0 aliphatic carbocycles. The van der Waals surface area contributed by atoms with Crippen LogP contribution in [0.1, 0.15) is 65.7 Å². The van der Waals surface area contributed by atoms with Crippen molar-refractivity contribution in [3.05, 3.63) is 24.2 Å². The molecule has 2 atom stereocenters. The maximum absolute atomic E-state index is 12.1. The molecule has 0 radical (unpaired) electrons. The van der Waals surface area contributed by atoms with Gasteiger partial charge in [0.05, 0.1) is 23.8 Å². The largest absolute Gasteiger partial charge is 0.438 e. The van der Waals surface area contributed by atoms with Crippen molar-refractivity contribution in [2.75, 3.05) is 18.7 Å². The number of aromatic nitrogens is 3. The molecule has 9 nitrogen and oxygen atoms in total. The highest BCUT2D eigenvalue weighted by Crippen LogP contribution is 2.34. The summed E-state index contributed by atoms with van der Waals surface area (Å²) in [5.74, 6) is 0.391. The van der Waals surface area contributed by atoms with E-state index in [4.69, 9.17) is 14.2 Å². The Balaban J connectivity index is 1.56. The average Bonchev–Trinajstić information content (AvgIpc) is 3.30. The molecule has 2 aromatic heterocycles. The number of hydrogen-bond acceptors (Lipinski definition) is 7. The summed E-state index contributed by atoms with van der Waals surface area (Å²) >= 11 is 0. The second-order valence-electron chi connectivity index (χ2n) is 9.30. The summed E-state index contributed by atoms with van der Waals surface area (Å²) in [5.41, 5.74) is 1.08. The summed E-state index contributed by atoms with van der Waals surface area (Å²) in [4.78, 5) is 28.1. The molecule has 31 heavy (non-hydrogen) atoms. The molecule has 0 saturated carbocycles. The van der Waals surface area contributed by atoms with Gasteiger partial charge in [-0.3, -0.25) is 9.59 Å². The SMILES string of the molecule is CC(C)CC(=O)Nc1ncnn2c(C3CCC(COCOC(=O)C(C)(C)C)O3)ccc12. The fourth-order valence-electron chi connectivity index (χ4n) is 3.39. The molecule has 2 unspecified atom stereocenters. The second kappa shape index (κ2) is 9.74. The molecule has 1 N–H and O–H groups in total. The third-order valence-corrected chi connectivity index (χ3v) is 4.96. The summed E-state index contributed by atoms with van der Waals surface area (Å²) < 4.78 is 18.5. The Bertz CT molecular complexity index is 918. The van der Waals surface area contributed by atoms with E-state index in [9.17, 15) is 9.59 Å². The van der Waals surface area contributed by atoms with E-state index in [1.54, 1.807) is 25.3 Å². The molecule has 3 heterocycles. The molecule has 1 amide bonds. The van der Waals surface area contributed by atoms with E-state index in [-0.39, 0.29) is 36.8 Å². The smallest absolute Gasteiger partial charge is 0.313 e. The number of carbonyl (C=O) groups is 2. The fourth-order valence-corrected chi connectivity index (χ4v) is 3.39. The minimum Gasteiger partial charge on any atom is -0.438 e. The highest BCUT2D eigenvalue weighted by Gasteiger charge is 2.30. The Labute approximate surface area is 182 Å². The molecule has 0 bridgehead atoms. The van der Waals surface area contributed by atoms with Gasteiger partial charge in [-0.05, 0) is 51.7 Å². The van der Waals surface area contributed by atoms with E-state index in [0.717, 1.165) is 24.1 Å². The molecule has 0 spiro atoms. The predicted octanol–water partition coefficient (Wildman–Crippen LogP) is 3.50. The lowest BCUT2D eigenvalue weighted by molar-refractivity contribution is -0.168. The van der Waals surface area contributed by atoms with Gasteiger partial charge < -0.3 is 19.5 Å². The van der Waals surface area contributed by atoms with Crippen LogP contribution in [0.2, 0.25) is 0 Å². The van der Waals surface area contributed by atoms with Gasteiger partial charge in [-0.15, -0.1) is 0 Å². The minimum atomic E-state index is -0.552. The van der Waals surface area contributed by atoms with Gasteiger partial charge in [0.2, 0.25) is 5.91 Å². The molecule has 1 saturated heterocycles. The zero-order valence-electron chi connectivity index (χ0n) is 18.9. The van der Waals surface area contributed by atoms with E-state index in [2.05, 4.69) is 15.4 Å². The van der Waals surface area contributed by atoms with Gasteiger partial charge in [0, 0.05) is 6.42 Å². The van der Waals surface area contributed by atoms with Gasteiger partial charge in [0.25, 0.3) is 0 Å². The van der Waals surface area contributed by atoms with Gasteiger partial charge >= 0.3 is 5.97 Å². The van der Waals surface area contributed by atoms with E-state index >= 15 is 0 Å². The molecular formula is C22H32N4O5. The summed E-state index contributed by atoms with van der Waals surface area (Å²) in [7, 11) is 0. The Morgan fingerprint density at radius 2 is 2.06 bits per heavy atom. The van der Waals surface area contributed by atoms with Crippen LogP contribution in [-0.2, 0) is 23.8 Å². The van der Waals surface area contributed by atoms with Crippen LogP contribution in [0, 0.1) is 11.3 Å². The lowest BCUT2D eigenvalue weighted by Gasteiger charge is -2.17. The van der Waals surface area contributed by atoms with Crippen molar-refractivity contribution in [2.24, 2.45) is 11.3 Å². The van der Waals surface area contributed by atoms with E-state index < -0.39 is 5.41 Å². The Hall–Kier alpha value is -2.52. The number of fused-ring (bicyclic) bond motifs is 1. The van der Waals surface area contributed by atoms with E-state index in [0.29, 0.717) is 18.8 Å². The molecular weight excluding hydrogens is 400 g/mol. The Morgan fingerprint density at radius 1 is 1.29 bits per heavy atom. The number of carbonyl (C=O) groups excluding carboxylic acids is 2. The number of nitrogens with one attached hydrogen (secondary N) is 1. The van der Waals surface area contributed by atoms with Crippen LogP contribution in [0.4, 0.5) is 5.82 Å². The lowest BCUT2D eigenvalue weighted by atomic mass is 9.98. The average molecular weight is 433 g/mol. The number of esters is 1. The topological polar surface area (TPSA) is 104 Å². The van der Waals surface area contributed by atoms with Crippen LogP contribution in [0.15, 0.2) is 18.5 Å². The Morgan fingerprint density at radius 3 is 2.77 bits per heavy atom. The van der Waals surface area contributed by atoms with Crippen LogP contribution < -0.4 is 5.32 Å².